The smallest absolute Gasteiger partial charge is 0.246 e. The second-order valence-corrected chi connectivity index (χ2v) is 7.70. The van der Waals surface area contributed by atoms with Crippen molar-refractivity contribution >= 4 is 31.8 Å². The molecule has 1 unspecified atom stereocenters. The SMILES string of the molecule is CCN1CCN(S(=O)(=O)c2cc(Br)cnc2N)CC1C. The molecule has 2 N–H and O–H groups in total. The Kier molecular flexibility index (Phi) is 4.68. The van der Waals surface area contributed by atoms with E-state index in [-0.39, 0.29) is 16.8 Å². The summed E-state index contributed by atoms with van der Waals surface area (Å²) in [6.45, 7) is 6.73. The highest BCUT2D eigenvalue weighted by Crippen LogP contribution is 2.25. The molecule has 20 heavy (non-hydrogen) atoms. The zero-order valence-corrected chi connectivity index (χ0v) is 14.0. The molecule has 1 fully saturated rings. The molecule has 2 rings (SSSR count). The van der Waals surface area contributed by atoms with Crippen LogP contribution in [0.1, 0.15) is 13.8 Å². The molecule has 0 radical (unpaired) electrons. The van der Waals surface area contributed by atoms with E-state index >= 15 is 0 Å². The number of anilines is 1. The number of hydrogen-bond acceptors (Lipinski definition) is 5. The lowest BCUT2D eigenvalue weighted by Gasteiger charge is -2.38. The van der Waals surface area contributed by atoms with Crippen LogP contribution >= 0.6 is 15.9 Å². The lowest BCUT2D eigenvalue weighted by atomic mass is 10.2. The van der Waals surface area contributed by atoms with Gasteiger partial charge >= 0.3 is 0 Å². The van der Waals surface area contributed by atoms with Gasteiger partial charge in [0.25, 0.3) is 0 Å². The number of nitrogens with two attached hydrogens (primary N) is 1. The van der Waals surface area contributed by atoms with Gasteiger partial charge < -0.3 is 5.73 Å². The van der Waals surface area contributed by atoms with Crippen molar-refractivity contribution in [3.63, 3.8) is 0 Å². The fraction of sp³-hybridized carbons (Fsp3) is 0.583. The maximum Gasteiger partial charge on any atom is 0.246 e. The van der Waals surface area contributed by atoms with Gasteiger partial charge in [0.2, 0.25) is 10.0 Å². The lowest BCUT2D eigenvalue weighted by molar-refractivity contribution is 0.135. The van der Waals surface area contributed by atoms with Crippen molar-refractivity contribution in [1.82, 2.24) is 14.2 Å². The number of likely N-dealkylation sites (N-methyl/N-ethyl adjacent to an activating group) is 1. The molecular weight excluding hydrogens is 344 g/mol. The first-order valence-electron chi connectivity index (χ1n) is 6.51. The maximum absolute atomic E-state index is 12.7. The molecule has 0 aromatic carbocycles. The van der Waals surface area contributed by atoms with E-state index in [0.717, 1.165) is 13.1 Å². The van der Waals surface area contributed by atoms with Crippen molar-refractivity contribution in [2.24, 2.45) is 0 Å². The summed E-state index contributed by atoms with van der Waals surface area (Å²) in [7, 11) is -3.59. The third kappa shape index (κ3) is 2.98. The molecule has 0 amide bonds. The zero-order valence-electron chi connectivity index (χ0n) is 11.6. The Morgan fingerprint density at radius 2 is 2.20 bits per heavy atom. The Morgan fingerprint density at radius 3 is 2.80 bits per heavy atom. The van der Waals surface area contributed by atoms with Crippen LogP contribution < -0.4 is 5.73 Å². The molecule has 1 aliphatic heterocycles. The standard InChI is InChI=1S/C12H19BrN4O2S/c1-3-16-4-5-17(8-9(16)2)20(18,19)11-6-10(13)7-15-12(11)14/h6-7,9H,3-5,8H2,1-2H3,(H2,14,15). The molecule has 0 spiro atoms. The number of pyridine rings is 1. The summed E-state index contributed by atoms with van der Waals surface area (Å²) in [5.74, 6) is 0.0405. The van der Waals surface area contributed by atoms with Crippen molar-refractivity contribution in [3.8, 4) is 0 Å². The Bertz CT molecular complexity index is 593. The summed E-state index contributed by atoms with van der Waals surface area (Å²) < 4.78 is 27.4. The highest BCUT2D eigenvalue weighted by Gasteiger charge is 2.33. The van der Waals surface area contributed by atoms with E-state index in [1.54, 1.807) is 0 Å². The maximum atomic E-state index is 12.7. The minimum Gasteiger partial charge on any atom is -0.383 e. The normalized spacial score (nSPS) is 22.1. The number of sulfonamides is 1. The summed E-state index contributed by atoms with van der Waals surface area (Å²) in [6.07, 6.45) is 1.49. The van der Waals surface area contributed by atoms with Crippen molar-refractivity contribution in [2.75, 3.05) is 31.9 Å². The zero-order chi connectivity index (χ0) is 14.9. The highest BCUT2D eigenvalue weighted by atomic mass is 79.9. The van der Waals surface area contributed by atoms with Crippen LogP contribution in [0.2, 0.25) is 0 Å². The Labute approximate surface area is 128 Å². The van der Waals surface area contributed by atoms with Crippen LogP contribution in [-0.4, -0.2) is 54.8 Å². The first-order chi connectivity index (χ1) is 9.36. The van der Waals surface area contributed by atoms with Gasteiger partial charge in [0.15, 0.2) is 0 Å². The van der Waals surface area contributed by atoms with Gasteiger partial charge in [0.1, 0.15) is 10.7 Å². The molecule has 0 aliphatic carbocycles. The van der Waals surface area contributed by atoms with Crippen LogP contribution in [-0.2, 0) is 10.0 Å². The van der Waals surface area contributed by atoms with Gasteiger partial charge in [-0.25, -0.2) is 13.4 Å². The molecule has 1 atom stereocenters. The van der Waals surface area contributed by atoms with Gasteiger partial charge in [0, 0.05) is 36.3 Å². The number of piperazine rings is 1. The average Bonchev–Trinajstić information content (AvgIpc) is 2.41. The summed E-state index contributed by atoms with van der Waals surface area (Å²) in [5, 5.41) is 0. The van der Waals surface area contributed by atoms with Crippen LogP contribution in [0, 0.1) is 0 Å². The molecule has 1 saturated heterocycles. The summed E-state index contributed by atoms with van der Waals surface area (Å²) in [4.78, 5) is 6.24. The van der Waals surface area contributed by atoms with E-state index in [0.29, 0.717) is 17.6 Å². The first-order valence-corrected chi connectivity index (χ1v) is 8.74. The van der Waals surface area contributed by atoms with Gasteiger partial charge in [-0.05, 0) is 35.5 Å². The summed E-state index contributed by atoms with van der Waals surface area (Å²) in [5.41, 5.74) is 5.72. The molecule has 0 bridgehead atoms. The number of hydrogen-bond donors (Lipinski definition) is 1. The van der Waals surface area contributed by atoms with Crippen molar-refractivity contribution in [2.45, 2.75) is 24.8 Å². The number of nitrogens with zero attached hydrogens (tertiary/aromatic N) is 3. The fourth-order valence-corrected chi connectivity index (χ4v) is 4.51. The third-order valence-electron chi connectivity index (χ3n) is 3.60. The molecule has 2 heterocycles. The molecule has 6 nitrogen and oxygen atoms in total. The molecule has 1 aromatic heterocycles. The lowest BCUT2D eigenvalue weighted by Crippen LogP contribution is -2.53. The summed E-state index contributed by atoms with van der Waals surface area (Å²) in [6, 6.07) is 1.71. The van der Waals surface area contributed by atoms with Gasteiger partial charge in [-0.3, -0.25) is 4.90 Å². The van der Waals surface area contributed by atoms with E-state index in [4.69, 9.17) is 5.73 Å². The Balaban J connectivity index is 2.30. The Hall–Kier alpha value is -0.700. The topological polar surface area (TPSA) is 79.5 Å². The van der Waals surface area contributed by atoms with E-state index in [1.165, 1.54) is 16.6 Å². The first kappa shape index (κ1) is 15.7. The van der Waals surface area contributed by atoms with E-state index in [2.05, 4.69) is 32.7 Å². The summed E-state index contributed by atoms with van der Waals surface area (Å²) >= 11 is 3.24. The van der Waals surface area contributed by atoms with E-state index in [9.17, 15) is 8.42 Å². The minimum absolute atomic E-state index is 0.0405. The predicted molar refractivity (Wildman–Crippen MR) is 81.8 cm³/mol. The van der Waals surface area contributed by atoms with Crippen LogP contribution in [0.4, 0.5) is 5.82 Å². The van der Waals surface area contributed by atoms with Crippen molar-refractivity contribution in [1.29, 1.82) is 0 Å². The number of rotatable bonds is 3. The van der Waals surface area contributed by atoms with Crippen molar-refractivity contribution < 1.29 is 8.42 Å². The van der Waals surface area contributed by atoms with Crippen LogP contribution in [0.3, 0.4) is 0 Å². The molecule has 8 heteroatoms. The van der Waals surface area contributed by atoms with Crippen LogP contribution in [0.25, 0.3) is 0 Å². The second-order valence-electron chi connectivity index (χ2n) is 4.88. The largest absolute Gasteiger partial charge is 0.383 e. The molecule has 112 valence electrons. The monoisotopic (exact) mass is 362 g/mol. The van der Waals surface area contributed by atoms with Crippen molar-refractivity contribution in [3.05, 3.63) is 16.7 Å². The van der Waals surface area contributed by atoms with E-state index in [1.807, 2.05) is 6.92 Å². The highest BCUT2D eigenvalue weighted by molar-refractivity contribution is 9.10. The molecule has 1 aromatic rings. The molecule has 0 saturated carbocycles. The third-order valence-corrected chi connectivity index (χ3v) is 5.93. The average molecular weight is 363 g/mol. The van der Waals surface area contributed by atoms with Gasteiger partial charge in [-0.1, -0.05) is 6.92 Å². The fourth-order valence-electron chi connectivity index (χ4n) is 2.43. The Morgan fingerprint density at radius 1 is 1.50 bits per heavy atom. The van der Waals surface area contributed by atoms with Crippen LogP contribution in [0.5, 0.6) is 0 Å². The van der Waals surface area contributed by atoms with Gasteiger partial charge in [-0.15, -0.1) is 0 Å². The minimum atomic E-state index is -3.59. The second kappa shape index (κ2) is 5.97. The predicted octanol–water partition coefficient (Wildman–Crippen LogP) is 1.14. The van der Waals surface area contributed by atoms with E-state index < -0.39 is 10.0 Å². The number of nitrogen functional groups attached to an aromatic ring is 1. The van der Waals surface area contributed by atoms with Gasteiger partial charge in [-0.2, -0.15) is 4.31 Å². The molecular formula is C12H19BrN4O2S. The quantitative estimate of drug-likeness (QED) is 0.871. The van der Waals surface area contributed by atoms with Crippen LogP contribution in [0.15, 0.2) is 21.6 Å². The number of aromatic nitrogens is 1. The number of halogens is 1. The molecule has 1 aliphatic rings. The van der Waals surface area contributed by atoms with Gasteiger partial charge in [0.05, 0.1) is 0 Å².